The highest BCUT2D eigenvalue weighted by atomic mass is 35.5. The van der Waals surface area contributed by atoms with E-state index in [4.69, 9.17) is 16.3 Å². The van der Waals surface area contributed by atoms with Gasteiger partial charge in [-0.25, -0.2) is 0 Å². The zero-order valence-electron chi connectivity index (χ0n) is 14.7. The van der Waals surface area contributed by atoms with Gasteiger partial charge in [0.2, 0.25) is 0 Å². The van der Waals surface area contributed by atoms with Crippen LogP contribution in [0.1, 0.15) is 68.1 Å². The lowest BCUT2D eigenvalue weighted by Crippen LogP contribution is -2.20. The van der Waals surface area contributed by atoms with Crippen molar-refractivity contribution in [3.8, 4) is 5.75 Å². The highest BCUT2D eigenvalue weighted by Crippen LogP contribution is 2.44. The van der Waals surface area contributed by atoms with Gasteiger partial charge in [-0.1, -0.05) is 68.7 Å². The average Bonchev–Trinajstić information content (AvgIpc) is 2.68. The van der Waals surface area contributed by atoms with Crippen molar-refractivity contribution >= 4 is 11.6 Å². The van der Waals surface area contributed by atoms with Crippen LogP contribution in [0.3, 0.4) is 0 Å². The number of para-hydroxylation sites is 1. The second-order valence-corrected chi connectivity index (χ2v) is 7.46. The van der Waals surface area contributed by atoms with E-state index in [9.17, 15) is 0 Å². The fraction of sp³-hybridized carbons (Fsp3) is 0.455. The normalized spacial score (nSPS) is 18.1. The molecule has 0 aromatic heterocycles. The van der Waals surface area contributed by atoms with Crippen LogP contribution in [-0.4, -0.2) is 7.11 Å². The predicted octanol–water partition coefficient (Wildman–Crippen LogP) is 6.64. The van der Waals surface area contributed by atoms with Gasteiger partial charge in [0.15, 0.2) is 0 Å². The van der Waals surface area contributed by atoms with Crippen LogP contribution >= 0.6 is 11.6 Å². The Morgan fingerprint density at radius 2 is 1.67 bits per heavy atom. The number of rotatable bonds is 5. The Balaban J connectivity index is 1.92. The van der Waals surface area contributed by atoms with Gasteiger partial charge in [0.25, 0.3) is 0 Å². The Morgan fingerprint density at radius 1 is 1.00 bits per heavy atom. The first-order valence-corrected chi connectivity index (χ1v) is 9.49. The molecule has 0 saturated heterocycles. The van der Waals surface area contributed by atoms with Crippen molar-refractivity contribution in [2.24, 2.45) is 0 Å². The van der Waals surface area contributed by atoms with E-state index in [2.05, 4.69) is 37.3 Å². The van der Waals surface area contributed by atoms with Gasteiger partial charge in [-0.2, -0.15) is 0 Å². The molecule has 0 aliphatic heterocycles. The van der Waals surface area contributed by atoms with E-state index < -0.39 is 4.87 Å². The largest absolute Gasteiger partial charge is 0.496 e. The number of methoxy groups -OCH3 is 1. The Hall–Kier alpha value is -1.47. The summed E-state index contributed by atoms with van der Waals surface area (Å²) in [6, 6.07) is 17.1. The Labute approximate surface area is 151 Å². The summed E-state index contributed by atoms with van der Waals surface area (Å²) in [6.45, 7) is 2.13. The molecule has 0 amide bonds. The highest BCUT2D eigenvalue weighted by molar-refractivity contribution is 6.26. The second kappa shape index (κ2) is 7.61. The molecule has 3 rings (SSSR count). The third kappa shape index (κ3) is 3.32. The minimum Gasteiger partial charge on any atom is -0.496 e. The molecule has 0 spiro atoms. The van der Waals surface area contributed by atoms with Crippen molar-refractivity contribution in [3.63, 3.8) is 0 Å². The van der Waals surface area contributed by atoms with Gasteiger partial charge in [0, 0.05) is 5.56 Å². The molecule has 1 saturated carbocycles. The molecule has 1 aliphatic rings. The summed E-state index contributed by atoms with van der Waals surface area (Å²) in [5, 5.41) is 0. The smallest absolute Gasteiger partial charge is 0.124 e. The number of alkyl halides is 1. The number of ether oxygens (including phenoxy) is 1. The summed E-state index contributed by atoms with van der Waals surface area (Å²) in [5.41, 5.74) is 3.66. The Kier molecular flexibility index (Phi) is 5.50. The van der Waals surface area contributed by atoms with Crippen LogP contribution in [0.4, 0.5) is 0 Å². The monoisotopic (exact) mass is 342 g/mol. The molecule has 0 radical (unpaired) electrons. The van der Waals surface area contributed by atoms with Gasteiger partial charge in [0.05, 0.1) is 12.0 Å². The van der Waals surface area contributed by atoms with Gasteiger partial charge >= 0.3 is 0 Å². The quantitative estimate of drug-likeness (QED) is 0.554. The van der Waals surface area contributed by atoms with Crippen LogP contribution in [0.5, 0.6) is 5.75 Å². The first-order valence-electron chi connectivity index (χ1n) is 9.12. The summed E-state index contributed by atoms with van der Waals surface area (Å²) in [5.74, 6) is 1.58. The molecular weight excluding hydrogens is 316 g/mol. The molecule has 2 aromatic carbocycles. The zero-order valence-corrected chi connectivity index (χ0v) is 15.5. The third-order valence-corrected chi connectivity index (χ3v) is 6.15. The number of halogens is 1. The molecule has 1 nitrogen and oxygen atoms in total. The maximum absolute atomic E-state index is 7.12. The summed E-state index contributed by atoms with van der Waals surface area (Å²) in [6.07, 6.45) is 7.59. The van der Waals surface area contributed by atoms with Crippen LogP contribution in [0.2, 0.25) is 0 Å². The van der Waals surface area contributed by atoms with Gasteiger partial charge in [0.1, 0.15) is 5.75 Å². The third-order valence-electron chi connectivity index (χ3n) is 5.47. The molecule has 0 N–H and O–H groups in total. The van der Waals surface area contributed by atoms with Crippen molar-refractivity contribution in [2.45, 2.75) is 56.2 Å². The molecule has 0 heterocycles. The van der Waals surface area contributed by atoms with Crippen LogP contribution in [-0.2, 0) is 4.87 Å². The lowest BCUT2D eigenvalue weighted by Gasteiger charge is -2.29. The van der Waals surface area contributed by atoms with Gasteiger partial charge in [-0.15, -0.1) is 11.6 Å². The Bertz CT molecular complexity index is 658. The maximum Gasteiger partial charge on any atom is 0.124 e. The van der Waals surface area contributed by atoms with Crippen molar-refractivity contribution in [2.75, 3.05) is 7.11 Å². The molecule has 2 aromatic rings. The standard InChI is InChI=1S/C22H27ClO/c1-3-22(23,20-11-7-8-12-21(20)24-2)19-15-13-18(14-16-19)17-9-5-4-6-10-17/h7-8,11-17H,3-6,9-10H2,1-2H3. The fourth-order valence-electron chi connectivity index (χ4n) is 3.98. The van der Waals surface area contributed by atoms with Gasteiger partial charge in [-0.05, 0) is 42.4 Å². The first-order chi connectivity index (χ1) is 11.7. The maximum atomic E-state index is 7.12. The average molecular weight is 343 g/mol. The molecule has 128 valence electrons. The fourth-order valence-corrected chi connectivity index (χ4v) is 4.26. The number of hydrogen-bond donors (Lipinski definition) is 0. The SMILES string of the molecule is CCC(Cl)(c1ccc(C2CCCCC2)cc1)c1ccccc1OC. The zero-order chi connectivity index (χ0) is 17.0. The van der Waals surface area contributed by atoms with E-state index in [1.54, 1.807) is 7.11 Å². The van der Waals surface area contributed by atoms with E-state index in [1.807, 2.05) is 18.2 Å². The molecule has 1 unspecified atom stereocenters. The summed E-state index contributed by atoms with van der Waals surface area (Å²) in [7, 11) is 1.71. The van der Waals surface area contributed by atoms with E-state index in [-0.39, 0.29) is 0 Å². The topological polar surface area (TPSA) is 9.23 Å². The summed E-state index contributed by atoms with van der Waals surface area (Å²) >= 11 is 7.12. The molecule has 1 atom stereocenters. The van der Waals surface area contributed by atoms with Crippen molar-refractivity contribution < 1.29 is 4.74 Å². The number of benzene rings is 2. The van der Waals surface area contributed by atoms with E-state index in [0.717, 1.165) is 29.2 Å². The van der Waals surface area contributed by atoms with Crippen LogP contribution < -0.4 is 4.74 Å². The van der Waals surface area contributed by atoms with E-state index >= 15 is 0 Å². The van der Waals surface area contributed by atoms with Crippen molar-refractivity contribution in [1.29, 1.82) is 0 Å². The molecular formula is C22H27ClO. The second-order valence-electron chi connectivity index (χ2n) is 6.81. The van der Waals surface area contributed by atoms with Crippen molar-refractivity contribution in [3.05, 3.63) is 65.2 Å². The van der Waals surface area contributed by atoms with Crippen molar-refractivity contribution in [1.82, 2.24) is 0 Å². The van der Waals surface area contributed by atoms with Gasteiger partial charge in [-0.3, -0.25) is 0 Å². The van der Waals surface area contributed by atoms with Crippen LogP contribution in [0.15, 0.2) is 48.5 Å². The molecule has 1 aliphatic carbocycles. The first kappa shape index (κ1) is 17.4. The minimum atomic E-state index is -0.544. The summed E-state index contributed by atoms with van der Waals surface area (Å²) in [4.78, 5) is -0.544. The van der Waals surface area contributed by atoms with Gasteiger partial charge < -0.3 is 4.74 Å². The van der Waals surface area contributed by atoms with Crippen LogP contribution in [0, 0.1) is 0 Å². The molecule has 2 heteroatoms. The van der Waals surface area contributed by atoms with E-state index in [1.165, 1.54) is 37.7 Å². The lowest BCUT2D eigenvalue weighted by molar-refractivity contribution is 0.404. The van der Waals surface area contributed by atoms with E-state index in [0.29, 0.717) is 0 Å². The predicted molar refractivity (Wildman–Crippen MR) is 102 cm³/mol. The molecule has 24 heavy (non-hydrogen) atoms. The molecule has 1 fully saturated rings. The van der Waals surface area contributed by atoms with Crippen LogP contribution in [0.25, 0.3) is 0 Å². The summed E-state index contributed by atoms with van der Waals surface area (Å²) < 4.78 is 5.55. The Morgan fingerprint density at radius 3 is 2.29 bits per heavy atom. The lowest BCUT2D eigenvalue weighted by atomic mass is 9.82. The highest BCUT2D eigenvalue weighted by Gasteiger charge is 2.32. The minimum absolute atomic E-state index is 0.544. The number of hydrogen-bond acceptors (Lipinski definition) is 1. The molecule has 0 bridgehead atoms.